The van der Waals surface area contributed by atoms with Crippen molar-refractivity contribution in [3.05, 3.63) is 71.8 Å². The van der Waals surface area contributed by atoms with Crippen LogP contribution in [0.25, 0.3) is 0 Å². The van der Waals surface area contributed by atoms with Crippen molar-refractivity contribution < 1.29 is 45.2 Å². The van der Waals surface area contributed by atoms with Gasteiger partial charge in [0.15, 0.2) is 0 Å². The average molecular weight is 695 g/mol. The fourth-order valence-corrected chi connectivity index (χ4v) is 4.56. The molecule has 0 aliphatic carbocycles. The van der Waals surface area contributed by atoms with Gasteiger partial charge >= 0.3 is 12.2 Å². The summed E-state index contributed by atoms with van der Waals surface area (Å²) in [4.78, 5) is 26.9. The van der Waals surface area contributed by atoms with E-state index >= 15 is 0 Å². The molecule has 0 bridgehead atoms. The zero-order chi connectivity index (χ0) is 31.9. The molecule has 0 radical (unpaired) electrons. The lowest BCUT2D eigenvalue weighted by molar-refractivity contribution is 0.101. The molecule has 2 aliphatic rings. The van der Waals surface area contributed by atoms with Crippen molar-refractivity contribution in [3.63, 3.8) is 0 Å². The summed E-state index contributed by atoms with van der Waals surface area (Å²) in [7, 11) is -2.12. The van der Waals surface area contributed by atoms with Crippen LogP contribution in [0.15, 0.2) is 60.7 Å². The maximum absolute atomic E-state index is 11.9. The number of aliphatic hydroxyl groups excluding tert-OH is 1. The summed E-state index contributed by atoms with van der Waals surface area (Å²) in [5, 5.41) is 8.99. The zero-order valence-corrected chi connectivity index (χ0v) is 26.6. The molecule has 15 heteroatoms. The predicted molar refractivity (Wildman–Crippen MR) is 175 cm³/mol. The Morgan fingerprint density at radius 1 is 0.778 bits per heavy atom. The summed E-state index contributed by atoms with van der Waals surface area (Å²) in [6.07, 6.45) is 2.86. The topological polar surface area (TPSA) is 157 Å². The van der Waals surface area contributed by atoms with E-state index in [1.807, 2.05) is 60.7 Å². The Morgan fingerprint density at radius 3 is 1.51 bits per heavy atom. The Labute approximate surface area is 272 Å². The number of carbonyl (C=O) groups is 2. The molecule has 2 atom stereocenters. The smallest absolute Gasteiger partial charge is 0.410 e. The first-order valence-electron chi connectivity index (χ1n) is 13.5. The van der Waals surface area contributed by atoms with Gasteiger partial charge in [0.25, 0.3) is 10.1 Å². The second-order valence-electron chi connectivity index (χ2n) is 10.1. The van der Waals surface area contributed by atoms with Gasteiger partial charge in [0, 0.05) is 55.3 Å². The molecule has 2 saturated heterocycles. The fourth-order valence-electron chi connectivity index (χ4n) is 4.12. The summed E-state index contributed by atoms with van der Waals surface area (Å²) in [6.45, 7) is 3.10. The first-order chi connectivity index (χ1) is 20.2. The van der Waals surface area contributed by atoms with Crippen LogP contribution in [-0.4, -0.2) is 95.8 Å². The quantitative estimate of drug-likeness (QED) is 0.303. The van der Waals surface area contributed by atoms with Crippen molar-refractivity contribution in [2.45, 2.75) is 40.9 Å². The number of aliphatic hydroxyl groups is 1. The lowest BCUT2D eigenvalue weighted by Crippen LogP contribution is -2.30. The lowest BCUT2D eigenvalue weighted by atomic mass is 10.1. The Bertz CT molecular complexity index is 1340. The summed E-state index contributed by atoms with van der Waals surface area (Å²) in [6, 6.07) is 19.1. The van der Waals surface area contributed by atoms with E-state index in [1.54, 1.807) is 9.80 Å². The van der Waals surface area contributed by atoms with Gasteiger partial charge in [-0.2, -0.15) is 8.42 Å². The van der Waals surface area contributed by atoms with Gasteiger partial charge in [-0.25, -0.2) is 18.0 Å². The van der Waals surface area contributed by atoms with E-state index in [9.17, 15) is 26.4 Å². The predicted octanol–water partition coefficient (Wildman–Crippen LogP) is 4.72. The van der Waals surface area contributed by atoms with Crippen molar-refractivity contribution in [3.8, 4) is 0 Å². The van der Waals surface area contributed by atoms with E-state index in [4.69, 9.17) is 18.8 Å². The van der Waals surface area contributed by atoms with Crippen LogP contribution < -0.4 is 0 Å². The highest BCUT2D eigenvalue weighted by Gasteiger charge is 2.28. The van der Waals surface area contributed by atoms with E-state index in [0.29, 0.717) is 32.8 Å². The van der Waals surface area contributed by atoms with Crippen LogP contribution in [0.1, 0.15) is 38.8 Å². The molecule has 2 amide bonds. The summed E-state index contributed by atoms with van der Waals surface area (Å²) < 4.78 is 55.9. The number of nitrogens with zero attached hydrogens (tertiary/aromatic N) is 2. The standard InChI is InChI=1S/C14H19NO5S.C13H17NO3.CH3ClO2S.2CH4/c1-21(17,18)20-11-13-7-8-15(9-13)14(16)19-10-12-5-3-2-4-6-12;15-9-12-6-7-14(8-12)13(16)17-10-11-4-2-1-3-5-11;1-5(2,3)4;;/h2-6,13H,7-11H2,1H3;1-5,12,15H,6-10H2;1H3;2*1H4/t13-;12-;;;/m11.../s1. The fraction of sp³-hybridized carbons (Fsp3) is 0.533. The van der Waals surface area contributed by atoms with E-state index in [0.717, 1.165) is 36.5 Å². The molecule has 12 nitrogen and oxygen atoms in total. The van der Waals surface area contributed by atoms with Crippen molar-refractivity contribution in [2.75, 3.05) is 51.9 Å². The van der Waals surface area contributed by atoms with Gasteiger partial charge in [0.1, 0.15) is 13.2 Å². The van der Waals surface area contributed by atoms with Crippen LogP contribution in [0.4, 0.5) is 9.59 Å². The number of benzene rings is 2. The van der Waals surface area contributed by atoms with E-state index < -0.39 is 19.2 Å². The molecule has 2 aliphatic heterocycles. The largest absolute Gasteiger partial charge is 0.445 e. The first kappa shape index (κ1) is 42.1. The maximum Gasteiger partial charge on any atom is 0.410 e. The van der Waals surface area contributed by atoms with Crippen LogP contribution in [0, 0.1) is 11.8 Å². The SMILES string of the molecule is C.C.CS(=O)(=O)Cl.CS(=O)(=O)OC[C@@H]1CCN(C(=O)OCc2ccccc2)C1.O=C(OCc1ccccc1)N1CC[C@@H](CO)C1. The monoisotopic (exact) mass is 694 g/mol. The number of carbonyl (C=O) groups excluding carboxylic acids is 2. The van der Waals surface area contributed by atoms with Crippen LogP contribution in [0.2, 0.25) is 0 Å². The molecule has 2 heterocycles. The molecule has 1 N–H and O–H groups in total. The second-order valence-corrected chi connectivity index (χ2v) is 14.8. The molecule has 4 rings (SSSR count). The average Bonchev–Trinajstić information content (AvgIpc) is 3.64. The number of halogens is 1. The van der Waals surface area contributed by atoms with Crippen molar-refractivity contribution in [1.82, 2.24) is 9.80 Å². The number of likely N-dealkylation sites (tertiary alicyclic amines) is 2. The van der Waals surface area contributed by atoms with E-state index in [-0.39, 0.29) is 58.7 Å². The molecule has 2 aromatic rings. The molecular formula is C30H47ClN2O10S2. The van der Waals surface area contributed by atoms with Crippen LogP contribution in [0.3, 0.4) is 0 Å². The summed E-state index contributed by atoms with van der Waals surface area (Å²) in [5.41, 5.74) is 1.92. The van der Waals surface area contributed by atoms with E-state index in [2.05, 4.69) is 10.7 Å². The number of rotatable bonds is 8. The number of hydrogen-bond donors (Lipinski definition) is 1. The van der Waals surface area contributed by atoms with Crippen molar-refractivity contribution >= 4 is 42.0 Å². The van der Waals surface area contributed by atoms with Gasteiger partial charge in [-0.05, 0) is 24.0 Å². The molecule has 2 aromatic carbocycles. The molecule has 0 unspecified atom stereocenters. The zero-order valence-electron chi connectivity index (χ0n) is 24.2. The van der Waals surface area contributed by atoms with Crippen LogP contribution >= 0.6 is 10.7 Å². The Morgan fingerprint density at radius 2 is 1.16 bits per heavy atom. The number of amides is 2. The van der Waals surface area contributed by atoms with Gasteiger partial charge in [0.2, 0.25) is 9.05 Å². The maximum atomic E-state index is 11.9. The molecule has 0 saturated carbocycles. The molecule has 0 spiro atoms. The molecule has 0 aromatic heterocycles. The van der Waals surface area contributed by atoms with Gasteiger partial charge in [-0.3, -0.25) is 4.18 Å². The minimum Gasteiger partial charge on any atom is -0.445 e. The molecule has 45 heavy (non-hydrogen) atoms. The minimum absolute atomic E-state index is 0. The first-order valence-corrected chi connectivity index (χ1v) is 18.0. The number of ether oxygens (including phenoxy) is 2. The third-order valence-corrected chi connectivity index (χ3v) is 6.84. The second kappa shape index (κ2) is 21.0. The van der Waals surface area contributed by atoms with Gasteiger partial charge in [-0.15, -0.1) is 0 Å². The Balaban J connectivity index is 0.000000730. The van der Waals surface area contributed by atoms with Gasteiger partial charge in [-0.1, -0.05) is 75.5 Å². The van der Waals surface area contributed by atoms with Crippen LogP contribution in [0.5, 0.6) is 0 Å². The summed E-state index contributed by atoms with van der Waals surface area (Å²) in [5.74, 6) is 0.239. The third-order valence-electron chi connectivity index (χ3n) is 6.27. The Kier molecular flexibility index (Phi) is 19.6. The normalized spacial score (nSPS) is 17.3. The molecular weight excluding hydrogens is 648 g/mol. The highest BCUT2D eigenvalue weighted by molar-refractivity contribution is 8.13. The van der Waals surface area contributed by atoms with Gasteiger partial charge < -0.3 is 24.4 Å². The highest BCUT2D eigenvalue weighted by atomic mass is 35.7. The molecule has 256 valence electrons. The van der Waals surface area contributed by atoms with Gasteiger partial charge in [0.05, 0.1) is 19.1 Å². The lowest BCUT2D eigenvalue weighted by Gasteiger charge is -2.16. The minimum atomic E-state index is -3.43. The van der Waals surface area contributed by atoms with E-state index in [1.165, 1.54) is 0 Å². The number of hydrogen-bond acceptors (Lipinski definition) is 10. The van der Waals surface area contributed by atoms with Crippen molar-refractivity contribution in [1.29, 1.82) is 0 Å². The molecule has 2 fully saturated rings. The summed E-state index contributed by atoms with van der Waals surface area (Å²) >= 11 is 0. The Hall–Kier alpha value is -2.91. The third kappa shape index (κ3) is 19.3. The van der Waals surface area contributed by atoms with Crippen LogP contribution in [-0.2, 0) is 46.0 Å². The van der Waals surface area contributed by atoms with Crippen molar-refractivity contribution in [2.24, 2.45) is 11.8 Å². The highest BCUT2D eigenvalue weighted by Crippen LogP contribution is 2.19.